The first-order chi connectivity index (χ1) is 22.8. The number of carbonyl (C=O) groups is 3. The Kier molecular flexibility index (Phi) is 11.5. The summed E-state index contributed by atoms with van der Waals surface area (Å²) < 4.78 is 5.23. The van der Waals surface area contributed by atoms with Crippen LogP contribution in [0.1, 0.15) is 29.3 Å². The molecule has 1 aromatic heterocycles. The van der Waals surface area contributed by atoms with Crippen LogP contribution >= 0.6 is 34.7 Å². The van der Waals surface area contributed by atoms with E-state index in [0.717, 1.165) is 16.2 Å². The molecule has 0 saturated carbocycles. The molecule has 11 heteroatoms. The molecule has 0 spiro atoms. The first kappa shape index (κ1) is 33.5. The van der Waals surface area contributed by atoms with Gasteiger partial charge in [0.15, 0.2) is 5.13 Å². The zero-order valence-corrected chi connectivity index (χ0v) is 27.9. The molecule has 0 aliphatic rings. The number of aromatic nitrogens is 1. The van der Waals surface area contributed by atoms with E-state index in [1.165, 1.54) is 23.1 Å². The van der Waals surface area contributed by atoms with Gasteiger partial charge in [0.05, 0.1) is 18.1 Å². The second-order valence-corrected chi connectivity index (χ2v) is 12.8. The van der Waals surface area contributed by atoms with E-state index in [2.05, 4.69) is 20.9 Å². The summed E-state index contributed by atoms with van der Waals surface area (Å²) in [5.41, 5.74) is 3.36. The van der Waals surface area contributed by atoms with E-state index in [9.17, 15) is 14.4 Å². The number of carbonyl (C=O) groups excluding carboxylic acids is 3. The second kappa shape index (κ2) is 16.1. The quantitative estimate of drug-likeness (QED) is 0.0901. The van der Waals surface area contributed by atoms with Crippen molar-refractivity contribution < 1.29 is 19.1 Å². The standard InChI is InChI=1S/C36H31ClN4O4S2/c1-3-32(35(44)41-36-40-31(22-46-36)24-14-16-26(37)17-15-24)47-29-11-7-10-27(21-29)38-34(43)30(20-23-12-18-28(45-2)19-13-23)39-33(42)25-8-5-4-6-9-25/h4-22,32H,3H2,1-2H3,(H,38,43)(H,39,42)(H,40,41,44)/b30-20+. The van der Waals surface area contributed by atoms with Gasteiger partial charge in [-0.2, -0.15) is 0 Å². The van der Waals surface area contributed by atoms with E-state index in [1.54, 1.807) is 92.0 Å². The van der Waals surface area contributed by atoms with Crippen molar-refractivity contribution in [1.29, 1.82) is 0 Å². The number of thiazole rings is 1. The normalized spacial score (nSPS) is 11.8. The highest BCUT2D eigenvalue weighted by Crippen LogP contribution is 2.30. The third-order valence-corrected chi connectivity index (χ3v) is 9.23. The molecule has 0 aliphatic heterocycles. The van der Waals surface area contributed by atoms with Crippen LogP contribution in [0.25, 0.3) is 17.3 Å². The Hall–Kier alpha value is -4.90. The molecule has 47 heavy (non-hydrogen) atoms. The van der Waals surface area contributed by atoms with E-state index in [-0.39, 0.29) is 11.6 Å². The Morgan fingerprint density at radius 2 is 1.68 bits per heavy atom. The van der Waals surface area contributed by atoms with Gasteiger partial charge in [-0.3, -0.25) is 14.4 Å². The van der Waals surface area contributed by atoms with Gasteiger partial charge in [0.25, 0.3) is 11.8 Å². The Bertz CT molecular complexity index is 1880. The Morgan fingerprint density at radius 1 is 0.936 bits per heavy atom. The molecule has 3 N–H and O–H groups in total. The molecule has 5 aromatic rings. The van der Waals surface area contributed by atoms with Gasteiger partial charge in [-0.1, -0.05) is 67.1 Å². The van der Waals surface area contributed by atoms with Gasteiger partial charge >= 0.3 is 0 Å². The first-order valence-corrected chi connectivity index (χ1v) is 16.8. The average Bonchev–Trinajstić information content (AvgIpc) is 3.56. The summed E-state index contributed by atoms with van der Waals surface area (Å²) in [6.45, 7) is 1.94. The summed E-state index contributed by atoms with van der Waals surface area (Å²) in [5, 5.41) is 11.2. The number of thioether (sulfide) groups is 1. The van der Waals surface area contributed by atoms with E-state index < -0.39 is 17.1 Å². The molecular formula is C36H31ClN4O4S2. The van der Waals surface area contributed by atoms with Crippen LogP contribution in [-0.4, -0.2) is 35.1 Å². The lowest BCUT2D eigenvalue weighted by molar-refractivity contribution is -0.116. The van der Waals surface area contributed by atoms with Gasteiger partial charge in [-0.15, -0.1) is 23.1 Å². The molecule has 238 valence electrons. The number of amides is 3. The van der Waals surface area contributed by atoms with Gasteiger partial charge in [-0.25, -0.2) is 4.98 Å². The molecule has 1 heterocycles. The van der Waals surface area contributed by atoms with Gasteiger partial charge in [0, 0.05) is 32.1 Å². The highest BCUT2D eigenvalue weighted by atomic mass is 35.5. The number of hydrogen-bond acceptors (Lipinski definition) is 7. The molecule has 0 radical (unpaired) electrons. The molecule has 4 aromatic carbocycles. The smallest absolute Gasteiger partial charge is 0.272 e. The summed E-state index contributed by atoms with van der Waals surface area (Å²) >= 11 is 8.74. The summed E-state index contributed by atoms with van der Waals surface area (Å²) in [6.07, 6.45) is 2.17. The van der Waals surface area contributed by atoms with E-state index in [0.29, 0.717) is 39.1 Å². The van der Waals surface area contributed by atoms with Crippen molar-refractivity contribution in [2.75, 3.05) is 17.7 Å². The largest absolute Gasteiger partial charge is 0.497 e. The predicted molar refractivity (Wildman–Crippen MR) is 191 cm³/mol. The molecule has 3 amide bonds. The Morgan fingerprint density at radius 3 is 2.38 bits per heavy atom. The number of halogens is 1. The number of hydrogen-bond donors (Lipinski definition) is 3. The van der Waals surface area contributed by atoms with E-state index in [4.69, 9.17) is 16.3 Å². The number of nitrogens with zero attached hydrogens (tertiary/aromatic N) is 1. The molecular weight excluding hydrogens is 652 g/mol. The van der Waals surface area contributed by atoms with Crippen molar-refractivity contribution >= 4 is 69.3 Å². The molecule has 0 aliphatic carbocycles. The van der Waals surface area contributed by atoms with E-state index in [1.807, 2.05) is 36.6 Å². The SMILES string of the molecule is CCC(Sc1cccc(NC(=O)/C(=C\c2ccc(OC)cc2)NC(=O)c2ccccc2)c1)C(=O)Nc1nc(-c2ccc(Cl)cc2)cs1. The van der Waals surface area contributed by atoms with Crippen molar-refractivity contribution in [3.8, 4) is 17.0 Å². The molecule has 1 atom stereocenters. The molecule has 8 nitrogen and oxygen atoms in total. The van der Waals surface area contributed by atoms with Crippen LogP contribution in [0, 0.1) is 0 Å². The fraction of sp³-hybridized carbons (Fsp3) is 0.111. The fourth-order valence-electron chi connectivity index (χ4n) is 4.41. The zero-order valence-electron chi connectivity index (χ0n) is 25.5. The summed E-state index contributed by atoms with van der Waals surface area (Å²) in [4.78, 5) is 45.1. The number of anilines is 2. The average molecular weight is 683 g/mol. The summed E-state index contributed by atoms with van der Waals surface area (Å²) in [7, 11) is 1.57. The minimum atomic E-state index is -0.503. The van der Waals surface area contributed by atoms with Gasteiger partial charge in [-0.05, 0) is 72.7 Å². The van der Waals surface area contributed by atoms with Gasteiger partial charge in [0.2, 0.25) is 5.91 Å². The maximum Gasteiger partial charge on any atom is 0.272 e. The number of methoxy groups -OCH3 is 1. The molecule has 0 fully saturated rings. The highest BCUT2D eigenvalue weighted by molar-refractivity contribution is 8.00. The van der Waals surface area contributed by atoms with Crippen LogP contribution in [0.15, 0.2) is 119 Å². The van der Waals surface area contributed by atoms with Crippen LogP contribution < -0.4 is 20.7 Å². The van der Waals surface area contributed by atoms with Crippen molar-refractivity contribution in [2.45, 2.75) is 23.5 Å². The fourth-order valence-corrected chi connectivity index (χ4v) is 6.27. The van der Waals surface area contributed by atoms with Crippen LogP contribution in [0.3, 0.4) is 0 Å². The van der Waals surface area contributed by atoms with Crippen LogP contribution in [0.5, 0.6) is 5.75 Å². The zero-order chi connectivity index (χ0) is 33.2. The maximum absolute atomic E-state index is 13.5. The third kappa shape index (κ3) is 9.32. The molecule has 0 saturated heterocycles. The highest BCUT2D eigenvalue weighted by Gasteiger charge is 2.21. The minimum Gasteiger partial charge on any atom is -0.497 e. The lowest BCUT2D eigenvalue weighted by atomic mass is 10.1. The Balaban J connectivity index is 1.27. The minimum absolute atomic E-state index is 0.0642. The molecule has 0 bridgehead atoms. The van der Waals surface area contributed by atoms with Crippen LogP contribution in [0.2, 0.25) is 5.02 Å². The number of nitrogens with one attached hydrogen (secondary N) is 3. The van der Waals surface area contributed by atoms with E-state index >= 15 is 0 Å². The van der Waals surface area contributed by atoms with Gasteiger partial charge in [0.1, 0.15) is 11.4 Å². The number of benzene rings is 4. The lowest BCUT2D eigenvalue weighted by Gasteiger charge is -2.15. The van der Waals surface area contributed by atoms with Crippen LogP contribution in [0.4, 0.5) is 10.8 Å². The number of ether oxygens (including phenoxy) is 1. The molecule has 5 rings (SSSR count). The van der Waals surface area contributed by atoms with Crippen molar-refractivity contribution in [3.05, 3.63) is 130 Å². The third-order valence-electron chi connectivity index (χ3n) is 6.86. The summed E-state index contributed by atoms with van der Waals surface area (Å²) in [5.74, 6) is -0.416. The van der Waals surface area contributed by atoms with Gasteiger partial charge < -0.3 is 20.7 Å². The van der Waals surface area contributed by atoms with Crippen molar-refractivity contribution in [3.63, 3.8) is 0 Å². The van der Waals surface area contributed by atoms with Crippen molar-refractivity contribution in [1.82, 2.24) is 10.3 Å². The van der Waals surface area contributed by atoms with Crippen LogP contribution in [-0.2, 0) is 9.59 Å². The topological polar surface area (TPSA) is 109 Å². The maximum atomic E-state index is 13.5. The monoisotopic (exact) mass is 682 g/mol. The lowest BCUT2D eigenvalue weighted by Crippen LogP contribution is -2.30. The Labute approximate surface area is 286 Å². The second-order valence-electron chi connectivity index (χ2n) is 10.2. The summed E-state index contributed by atoms with van der Waals surface area (Å²) in [6, 6.07) is 30.4. The van der Waals surface area contributed by atoms with Crippen molar-refractivity contribution in [2.24, 2.45) is 0 Å². The number of rotatable bonds is 12. The predicted octanol–water partition coefficient (Wildman–Crippen LogP) is 8.39. The molecule has 1 unspecified atom stereocenters. The first-order valence-electron chi connectivity index (χ1n) is 14.6.